The van der Waals surface area contributed by atoms with E-state index in [1.165, 1.54) is 0 Å². The average molecular weight is 348 g/mol. The molecule has 130 valence electrons. The molecule has 2 rings (SSSR count). The maximum atomic E-state index is 12.9. The molecule has 0 bridgehead atoms. The summed E-state index contributed by atoms with van der Waals surface area (Å²) in [7, 11) is 0. The van der Waals surface area contributed by atoms with Crippen LogP contribution >= 0.6 is 0 Å². The highest BCUT2D eigenvalue weighted by Crippen LogP contribution is 2.38. The Balaban J connectivity index is 2.26. The van der Waals surface area contributed by atoms with Gasteiger partial charge in [0.05, 0.1) is 16.8 Å². The molecule has 11 heteroatoms. The smallest absolute Gasteiger partial charge is 0.394 e. The van der Waals surface area contributed by atoms with Gasteiger partial charge in [0.2, 0.25) is 0 Å². The van der Waals surface area contributed by atoms with Crippen LogP contribution in [0.5, 0.6) is 5.75 Å². The molecular weight excluding hydrogens is 337 g/mol. The molecule has 2 N–H and O–H groups in total. The maximum absolute atomic E-state index is 12.9. The zero-order valence-electron chi connectivity index (χ0n) is 11.9. The number of carbonyl (C=O) groups is 2. The van der Waals surface area contributed by atoms with E-state index >= 15 is 0 Å². The van der Waals surface area contributed by atoms with E-state index in [1.807, 2.05) is 0 Å². The molecule has 8 nitrogen and oxygen atoms in total. The summed E-state index contributed by atoms with van der Waals surface area (Å²) in [6.45, 7) is -1.48. The Morgan fingerprint density at radius 3 is 2.33 bits per heavy atom. The van der Waals surface area contributed by atoms with E-state index in [9.17, 15) is 38.0 Å². The van der Waals surface area contributed by atoms with E-state index in [2.05, 4.69) is 0 Å². The van der Waals surface area contributed by atoms with Crippen molar-refractivity contribution in [3.63, 3.8) is 0 Å². The minimum Gasteiger partial charge on any atom is -0.502 e. The van der Waals surface area contributed by atoms with Crippen molar-refractivity contribution in [3.8, 4) is 5.75 Å². The van der Waals surface area contributed by atoms with Crippen LogP contribution in [0.1, 0.15) is 10.4 Å². The molecule has 1 saturated heterocycles. The van der Waals surface area contributed by atoms with Crippen LogP contribution in [0.2, 0.25) is 0 Å². The standard InChI is InChI=1S/C13H11F3N2O6/c14-13(15,16)8-5-17(4-7(8)12(21)22)11(20)6-1-2-9(18(23)24)10(19)3-6/h1-3,7-8,19H,4-5H2,(H,21,22)/t7-,8-/m1/s1. The summed E-state index contributed by atoms with van der Waals surface area (Å²) in [6, 6.07) is 2.59. The number of carbonyl (C=O) groups excluding carboxylic acids is 1. The van der Waals surface area contributed by atoms with Gasteiger partial charge in [-0.15, -0.1) is 0 Å². The molecule has 1 heterocycles. The van der Waals surface area contributed by atoms with E-state index in [0.29, 0.717) is 4.90 Å². The van der Waals surface area contributed by atoms with Crippen molar-refractivity contribution in [2.45, 2.75) is 6.18 Å². The number of alkyl halides is 3. The van der Waals surface area contributed by atoms with Crippen LogP contribution in [0.15, 0.2) is 18.2 Å². The largest absolute Gasteiger partial charge is 0.502 e. The van der Waals surface area contributed by atoms with Gasteiger partial charge in [-0.25, -0.2) is 0 Å². The fourth-order valence-electron chi connectivity index (χ4n) is 2.54. The fourth-order valence-corrected chi connectivity index (χ4v) is 2.54. The number of nitrogens with zero attached hydrogens (tertiary/aromatic N) is 2. The summed E-state index contributed by atoms with van der Waals surface area (Å²) in [5, 5.41) is 29.0. The lowest BCUT2D eigenvalue weighted by molar-refractivity contribution is -0.385. The highest BCUT2D eigenvalue weighted by Gasteiger charge is 2.53. The van der Waals surface area contributed by atoms with Gasteiger partial charge in [-0.3, -0.25) is 19.7 Å². The highest BCUT2D eigenvalue weighted by atomic mass is 19.4. The second-order valence-corrected chi connectivity index (χ2v) is 5.26. The molecular formula is C13H11F3N2O6. The predicted molar refractivity (Wildman–Crippen MR) is 71.3 cm³/mol. The highest BCUT2D eigenvalue weighted by molar-refractivity contribution is 5.95. The van der Waals surface area contributed by atoms with E-state index in [4.69, 9.17) is 5.11 Å². The minimum atomic E-state index is -4.78. The molecule has 0 unspecified atom stereocenters. The number of hydrogen-bond donors (Lipinski definition) is 2. The van der Waals surface area contributed by atoms with Crippen LogP contribution in [-0.2, 0) is 4.79 Å². The van der Waals surface area contributed by atoms with Gasteiger partial charge in [-0.1, -0.05) is 0 Å². The maximum Gasteiger partial charge on any atom is 0.394 e. The third kappa shape index (κ3) is 3.24. The molecule has 0 aromatic heterocycles. The van der Waals surface area contributed by atoms with Crippen molar-refractivity contribution in [1.82, 2.24) is 4.90 Å². The van der Waals surface area contributed by atoms with Gasteiger partial charge < -0.3 is 15.1 Å². The number of hydrogen-bond acceptors (Lipinski definition) is 5. The van der Waals surface area contributed by atoms with Crippen molar-refractivity contribution < 1.29 is 37.9 Å². The average Bonchev–Trinajstić information content (AvgIpc) is 2.91. The molecule has 1 aliphatic heterocycles. The number of nitro groups is 1. The zero-order chi connectivity index (χ0) is 18.2. The van der Waals surface area contributed by atoms with Gasteiger partial charge in [-0.05, 0) is 12.1 Å². The van der Waals surface area contributed by atoms with Gasteiger partial charge in [0.25, 0.3) is 5.91 Å². The Morgan fingerprint density at radius 2 is 1.92 bits per heavy atom. The lowest BCUT2D eigenvalue weighted by Crippen LogP contribution is -2.34. The number of nitro benzene ring substituents is 1. The zero-order valence-corrected chi connectivity index (χ0v) is 11.9. The van der Waals surface area contributed by atoms with Crippen molar-refractivity contribution in [2.24, 2.45) is 11.8 Å². The first kappa shape index (κ1) is 17.5. The van der Waals surface area contributed by atoms with Gasteiger partial charge in [-0.2, -0.15) is 13.2 Å². The Morgan fingerprint density at radius 1 is 1.29 bits per heavy atom. The Labute approximate surface area is 132 Å². The molecule has 1 aromatic rings. The van der Waals surface area contributed by atoms with E-state index < -0.39 is 59.3 Å². The predicted octanol–water partition coefficient (Wildman–Crippen LogP) is 1.64. The van der Waals surface area contributed by atoms with Crippen LogP contribution in [0.25, 0.3) is 0 Å². The molecule has 1 aliphatic rings. The first-order chi connectivity index (χ1) is 11.0. The molecule has 0 aliphatic carbocycles. The molecule has 0 saturated carbocycles. The van der Waals surface area contributed by atoms with Crippen LogP contribution in [0.4, 0.5) is 18.9 Å². The quantitative estimate of drug-likeness (QED) is 0.633. The summed E-state index contributed by atoms with van der Waals surface area (Å²) < 4.78 is 38.7. The Kier molecular flexibility index (Phi) is 4.36. The number of halogens is 3. The van der Waals surface area contributed by atoms with Crippen molar-refractivity contribution in [3.05, 3.63) is 33.9 Å². The third-order valence-corrected chi connectivity index (χ3v) is 3.76. The monoisotopic (exact) mass is 348 g/mol. The van der Waals surface area contributed by atoms with E-state index in [0.717, 1.165) is 18.2 Å². The lowest BCUT2D eigenvalue weighted by Gasteiger charge is -2.18. The summed E-state index contributed by atoms with van der Waals surface area (Å²) >= 11 is 0. The number of carboxylic acids is 1. The second kappa shape index (κ2) is 5.98. The number of aliphatic carboxylic acids is 1. The number of phenolic OH excluding ortho intramolecular Hbond substituents is 1. The van der Waals surface area contributed by atoms with Crippen LogP contribution in [0.3, 0.4) is 0 Å². The number of phenols is 1. The van der Waals surface area contributed by atoms with Crippen LogP contribution in [0, 0.1) is 22.0 Å². The van der Waals surface area contributed by atoms with Crippen molar-refractivity contribution >= 4 is 17.6 Å². The fraction of sp³-hybridized carbons (Fsp3) is 0.385. The molecule has 2 atom stereocenters. The van der Waals surface area contributed by atoms with Crippen molar-refractivity contribution in [2.75, 3.05) is 13.1 Å². The van der Waals surface area contributed by atoms with Crippen LogP contribution < -0.4 is 0 Å². The summed E-state index contributed by atoms with van der Waals surface area (Å²) in [5.41, 5.74) is -0.936. The van der Waals surface area contributed by atoms with E-state index in [1.54, 1.807) is 0 Å². The SMILES string of the molecule is O=C(O)[C@@H]1CN(C(=O)c2ccc([N+](=O)[O-])c(O)c2)C[C@H]1C(F)(F)F. The Bertz CT molecular complexity index is 705. The number of rotatable bonds is 3. The number of carboxylic acid groups (broad SMARTS) is 1. The Hall–Kier alpha value is -2.85. The van der Waals surface area contributed by atoms with Crippen molar-refractivity contribution in [1.29, 1.82) is 0 Å². The molecule has 0 spiro atoms. The number of amides is 1. The minimum absolute atomic E-state index is 0.273. The summed E-state index contributed by atoms with van der Waals surface area (Å²) in [6.07, 6.45) is -4.78. The second-order valence-electron chi connectivity index (χ2n) is 5.26. The van der Waals surface area contributed by atoms with Crippen LogP contribution in [-0.4, -0.2) is 51.2 Å². The molecule has 1 amide bonds. The number of likely N-dealkylation sites (tertiary alicyclic amines) is 1. The summed E-state index contributed by atoms with van der Waals surface area (Å²) in [4.78, 5) is 33.6. The van der Waals surface area contributed by atoms with Gasteiger partial charge in [0, 0.05) is 24.7 Å². The van der Waals surface area contributed by atoms with Gasteiger partial charge >= 0.3 is 17.8 Å². The lowest BCUT2D eigenvalue weighted by atomic mass is 9.96. The summed E-state index contributed by atoms with van der Waals surface area (Å²) in [5.74, 6) is -7.42. The molecule has 1 fully saturated rings. The topological polar surface area (TPSA) is 121 Å². The molecule has 24 heavy (non-hydrogen) atoms. The molecule has 1 aromatic carbocycles. The first-order valence-corrected chi connectivity index (χ1v) is 6.58. The normalized spacial score (nSPS) is 20.9. The van der Waals surface area contributed by atoms with Gasteiger partial charge in [0.15, 0.2) is 5.75 Å². The number of benzene rings is 1. The number of aromatic hydroxyl groups is 1. The third-order valence-electron chi connectivity index (χ3n) is 3.76. The molecule has 0 radical (unpaired) electrons. The van der Waals surface area contributed by atoms with E-state index in [-0.39, 0.29) is 5.56 Å². The first-order valence-electron chi connectivity index (χ1n) is 6.58. The van der Waals surface area contributed by atoms with Gasteiger partial charge in [0.1, 0.15) is 0 Å².